The van der Waals surface area contributed by atoms with Crippen LogP contribution in [0.5, 0.6) is 11.5 Å². The van der Waals surface area contributed by atoms with E-state index in [0.29, 0.717) is 18.0 Å². The van der Waals surface area contributed by atoms with Crippen LogP contribution in [0.3, 0.4) is 0 Å². The average molecular weight is 332 g/mol. The molecule has 3 heterocycles. The lowest BCUT2D eigenvalue weighted by Crippen LogP contribution is -2.30. The summed E-state index contributed by atoms with van der Waals surface area (Å²) in [6.07, 6.45) is 5.04. The van der Waals surface area contributed by atoms with Gasteiger partial charge >= 0.3 is 0 Å². The van der Waals surface area contributed by atoms with Gasteiger partial charge in [0.1, 0.15) is 0 Å². The summed E-state index contributed by atoms with van der Waals surface area (Å²) in [5.41, 5.74) is 0.974. The van der Waals surface area contributed by atoms with Crippen LogP contribution >= 0.6 is 0 Å². The number of fused-ring (bicyclic) bond motifs is 1. The van der Waals surface area contributed by atoms with Gasteiger partial charge in [0.05, 0.1) is 10.9 Å². The maximum atomic E-state index is 13.0. The van der Waals surface area contributed by atoms with Crippen LogP contribution in [0.1, 0.15) is 24.4 Å². The molecule has 2 aromatic rings. The molecule has 1 aromatic carbocycles. The van der Waals surface area contributed by atoms with Crippen molar-refractivity contribution < 1.29 is 17.9 Å². The highest BCUT2D eigenvalue weighted by Crippen LogP contribution is 2.39. The van der Waals surface area contributed by atoms with Crippen LogP contribution in [-0.4, -0.2) is 31.0 Å². The van der Waals surface area contributed by atoms with Gasteiger partial charge in [0.15, 0.2) is 11.5 Å². The molecule has 6 nitrogen and oxygen atoms in total. The number of benzene rings is 1. The van der Waals surface area contributed by atoms with Crippen molar-refractivity contribution in [1.29, 1.82) is 0 Å². The Hall–Kier alpha value is -2.12. The average Bonchev–Trinajstić information content (AvgIpc) is 3.24. The van der Waals surface area contributed by atoms with E-state index in [1.807, 2.05) is 12.1 Å². The molecule has 0 bridgehead atoms. The van der Waals surface area contributed by atoms with Gasteiger partial charge in [-0.3, -0.25) is 4.98 Å². The first-order valence-electron chi connectivity index (χ1n) is 7.48. The van der Waals surface area contributed by atoms with Crippen LogP contribution in [0.25, 0.3) is 0 Å². The van der Waals surface area contributed by atoms with Gasteiger partial charge in [-0.15, -0.1) is 0 Å². The molecule has 7 heteroatoms. The van der Waals surface area contributed by atoms with Crippen LogP contribution in [-0.2, 0) is 10.0 Å². The van der Waals surface area contributed by atoms with Crippen molar-refractivity contribution in [3.8, 4) is 11.5 Å². The molecule has 1 unspecified atom stereocenters. The molecule has 23 heavy (non-hydrogen) atoms. The zero-order valence-electron chi connectivity index (χ0n) is 12.4. The molecule has 1 fully saturated rings. The van der Waals surface area contributed by atoms with Gasteiger partial charge in [-0.05, 0) is 42.7 Å². The molecular weight excluding hydrogens is 316 g/mol. The van der Waals surface area contributed by atoms with E-state index in [-0.39, 0.29) is 17.7 Å². The van der Waals surface area contributed by atoms with Gasteiger partial charge < -0.3 is 9.47 Å². The van der Waals surface area contributed by atoms with E-state index in [9.17, 15) is 8.42 Å². The second kappa shape index (κ2) is 5.50. The van der Waals surface area contributed by atoms with Crippen molar-refractivity contribution in [3.63, 3.8) is 0 Å². The molecule has 4 rings (SSSR count). The van der Waals surface area contributed by atoms with Crippen LogP contribution in [0, 0.1) is 0 Å². The van der Waals surface area contributed by atoms with E-state index in [1.165, 1.54) is 0 Å². The number of hydrogen-bond donors (Lipinski definition) is 0. The molecule has 0 aliphatic carbocycles. The van der Waals surface area contributed by atoms with Crippen LogP contribution in [0.4, 0.5) is 0 Å². The molecule has 0 radical (unpaired) electrons. The van der Waals surface area contributed by atoms with E-state index in [2.05, 4.69) is 4.98 Å². The Morgan fingerprint density at radius 1 is 1.09 bits per heavy atom. The predicted molar refractivity (Wildman–Crippen MR) is 82.7 cm³/mol. The van der Waals surface area contributed by atoms with Gasteiger partial charge in [0.2, 0.25) is 16.8 Å². The van der Waals surface area contributed by atoms with Crippen molar-refractivity contribution in [3.05, 3.63) is 48.3 Å². The third kappa shape index (κ3) is 2.46. The standard InChI is InChI=1S/C16H16N2O4S/c19-23(20,13-3-4-15-16(10-13)22-11-21-15)18-9-1-2-14(18)12-5-7-17-8-6-12/h3-8,10,14H,1-2,9,11H2. The van der Waals surface area contributed by atoms with Crippen molar-refractivity contribution in [2.45, 2.75) is 23.8 Å². The molecule has 0 N–H and O–H groups in total. The number of aromatic nitrogens is 1. The maximum absolute atomic E-state index is 13.0. The van der Waals surface area contributed by atoms with Gasteiger partial charge in [0.25, 0.3) is 0 Å². The summed E-state index contributed by atoms with van der Waals surface area (Å²) in [5.74, 6) is 1.06. The van der Waals surface area contributed by atoms with Crippen molar-refractivity contribution >= 4 is 10.0 Å². The highest BCUT2D eigenvalue weighted by molar-refractivity contribution is 7.89. The van der Waals surface area contributed by atoms with Gasteiger partial charge in [0, 0.05) is 25.0 Å². The van der Waals surface area contributed by atoms with E-state index >= 15 is 0 Å². The van der Waals surface area contributed by atoms with Crippen LogP contribution in [0.15, 0.2) is 47.6 Å². The number of hydrogen-bond acceptors (Lipinski definition) is 5. The fourth-order valence-corrected chi connectivity index (χ4v) is 4.82. The minimum atomic E-state index is -3.58. The van der Waals surface area contributed by atoms with E-state index < -0.39 is 10.0 Å². The Balaban J connectivity index is 1.70. The Kier molecular flexibility index (Phi) is 3.46. The summed E-state index contributed by atoms with van der Waals surface area (Å²) < 4.78 is 38.2. The third-order valence-electron chi connectivity index (χ3n) is 4.25. The van der Waals surface area contributed by atoms with Gasteiger partial charge in [-0.1, -0.05) is 0 Å². The lowest BCUT2D eigenvalue weighted by molar-refractivity contribution is 0.174. The molecule has 1 atom stereocenters. The Morgan fingerprint density at radius 2 is 1.87 bits per heavy atom. The summed E-state index contributed by atoms with van der Waals surface area (Å²) in [5, 5.41) is 0. The van der Waals surface area contributed by atoms with Crippen molar-refractivity contribution in [2.24, 2.45) is 0 Å². The highest BCUT2D eigenvalue weighted by atomic mass is 32.2. The molecular formula is C16H16N2O4S. The molecule has 120 valence electrons. The smallest absolute Gasteiger partial charge is 0.243 e. The first-order valence-corrected chi connectivity index (χ1v) is 8.92. The minimum Gasteiger partial charge on any atom is -0.454 e. The summed E-state index contributed by atoms with van der Waals surface area (Å²) in [4.78, 5) is 4.24. The molecule has 2 aliphatic heterocycles. The predicted octanol–water partition coefficient (Wildman–Crippen LogP) is 2.34. The van der Waals surface area contributed by atoms with Crippen LogP contribution < -0.4 is 9.47 Å². The fraction of sp³-hybridized carbons (Fsp3) is 0.312. The number of nitrogens with zero attached hydrogens (tertiary/aromatic N) is 2. The van der Waals surface area contributed by atoms with E-state index in [0.717, 1.165) is 18.4 Å². The second-order valence-electron chi connectivity index (χ2n) is 5.57. The number of rotatable bonds is 3. The topological polar surface area (TPSA) is 68.7 Å². The minimum absolute atomic E-state index is 0.127. The van der Waals surface area contributed by atoms with Crippen molar-refractivity contribution in [1.82, 2.24) is 9.29 Å². The quantitative estimate of drug-likeness (QED) is 0.863. The van der Waals surface area contributed by atoms with E-state index in [4.69, 9.17) is 9.47 Å². The maximum Gasteiger partial charge on any atom is 0.243 e. The van der Waals surface area contributed by atoms with Gasteiger partial charge in [-0.25, -0.2) is 8.42 Å². The summed E-state index contributed by atoms with van der Waals surface area (Å²) in [7, 11) is -3.58. The number of sulfonamides is 1. The monoisotopic (exact) mass is 332 g/mol. The molecule has 2 aliphatic rings. The number of ether oxygens (including phenoxy) is 2. The molecule has 1 aromatic heterocycles. The molecule has 0 spiro atoms. The first-order chi connectivity index (χ1) is 11.2. The Bertz CT molecular complexity index is 823. The van der Waals surface area contributed by atoms with Gasteiger partial charge in [-0.2, -0.15) is 4.31 Å². The van der Waals surface area contributed by atoms with Crippen molar-refractivity contribution in [2.75, 3.05) is 13.3 Å². The van der Waals surface area contributed by atoms with E-state index in [1.54, 1.807) is 34.9 Å². The first kappa shape index (κ1) is 14.5. The number of pyridine rings is 1. The lowest BCUT2D eigenvalue weighted by Gasteiger charge is -2.24. The summed E-state index contributed by atoms with van der Waals surface area (Å²) in [6, 6.07) is 8.36. The SMILES string of the molecule is O=S(=O)(c1ccc2c(c1)OCO2)N1CCCC1c1ccncc1. The Labute approximate surface area is 134 Å². The third-order valence-corrected chi connectivity index (χ3v) is 6.15. The zero-order chi connectivity index (χ0) is 15.9. The zero-order valence-corrected chi connectivity index (χ0v) is 13.2. The molecule has 0 amide bonds. The largest absolute Gasteiger partial charge is 0.454 e. The molecule has 1 saturated heterocycles. The normalized spacial score (nSPS) is 20.8. The lowest BCUT2D eigenvalue weighted by atomic mass is 10.1. The Morgan fingerprint density at radius 3 is 2.70 bits per heavy atom. The highest BCUT2D eigenvalue weighted by Gasteiger charge is 2.36. The second-order valence-corrected chi connectivity index (χ2v) is 7.46. The molecule has 0 saturated carbocycles. The van der Waals surface area contributed by atoms with Crippen LogP contribution in [0.2, 0.25) is 0 Å². The summed E-state index contributed by atoms with van der Waals surface area (Å²) in [6.45, 7) is 0.645. The summed E-state index contributed by atoms with van der Waals surface area (Å²) >= 11 is 0. The fourth-order valence-electron chi connectivity index (χ4n) is 3.12.